The van der Waals surface area contributed by atoms with E-state index in [1.807, 2.05) is 0 Å². The van der Waals surface area contributed by atoms with Crippen molar-refractivity contribution >= 4 is 19.9 Å². The molecule has 17 heavy (non-hydrogen) atoms. The zero-order valence-electron chi connectivity index (χ0n) is 9.79. The van der Waals surface area contributed by atoms with Crippen LogP contribution in [-0.4, -0.2) is 45.4 Å². The highest BCUT2D eigenvalue weighted by Gasteiger charge is 2.27. The molecule has 6 nitrogen and oxygen atoms in total. The van der Waals surface area contributed by atoms with Crippen molar-refractivity contribution in [2.75, 3.05) is 11.3 Å². The van der Waals surface area contributed by atoms with Gasteiger partial charge in [0.25, 0.3) is 0 Å². The molecule has 1 saturated carbocycles. The maximum atomic E-state index is 11.6. The minimum Gasteiger partial charge on any atom is -0.391 e. The Balaban J connectivity index is 2.68. The average molecular weight is 285 g/mol. The summed E-state index contributed by atoms with van der Waals surface area (Å²) in [4.78, 5) is 0. The number of aliphatic hydroxyl groups is 1. The number of sulfone groups is 1. The Morgan fingerprint density at radius 3 is 2.29 bits per heavy atom. The second kappa shape index (κ2) is 5.64. The zero-order valence-corrected chi connectivity index (χ0v) is 11.4. The van der Waals surface area contributed by atoms with Gasteiger partial charge in [0.1, 0.15) is 0 Å². The molecule has 0 aromatic rings. The van der Waals surface area contributed by atoms with Crippen molar-refractivity contribution in [1.29, 1.82) is 0 Å². The first-order chi connectivity index (χ1) is 7.70. The summed E-state index contributed by atoms with van der Waals surface area (Å²) in [6.45, 7) is 0. The summed E-state index contributed by atoms with van der Waals surface area (Å²) in [5, 5.41) is 8.81. The number of hydrogen-bond acceptors (Lipinski definition) is 5. The molecule has 2 unspecified atom stereocenters. The van der Waals surface area contributed by atoms with Gasteiger partial charge in [-0.3, -0.25) is 0 Å². The van der Waals surface area contributed by atoms with E-state index in [0.29, 0.717) is 12.8 Å². The van der Waals surface area contributed by atoms with E-state index in [1.165, 1.54) is 0 Å². The summed E-state index contributed by atoms with van der Waals surface area (Å²) in [7, 11) is -7.48. The summed E-state index contributed by atoms with van der Waals surface area (Å²) in [6.07, 6.45) is 3.90. The minimum absolute atomic E-state index is 0.546. The second-order valence-electron chi connectivity index (χ2n) is 4.59. The number of rotatable bonds is 4. The molecule has 2 atom stereocenters. The van der Waals surface area contributed by atoms with Crippen molar-refractivity contribution in [2.24, 2.45) is 0 Å². The van der Waals surface area contributed by atoms with Gasteiger partial charge in [0.2, 0.25) is 10.0 Å². The monoisotopic (exact) mass is 285 g/mol. The third-order valence-electron chi connectivity index (χ3n) is 2.68. The molecule has 1 rings (SSSR count). The van der Waals surface area contributed by atoms with Gasteiger partial charge in [-0.05, 0) is 12.8 Å². The molecule has 1 aliphatic rings. The van der Waals surface area contributed by atoms with Crippen molar-refractivity contribution in [3.8, 4) is 0 Å². The van der Waals surface area contributed by atoms with Gasteiger partial charge in [0, 0.05) is 12.3 Å². The molecule has 2 N–H and O–H groups in total. The Bertz CT molecular complexity index is 442. The largest absolute Gasteiger partial charge is 0.391 e. The van der Waals surface area contributed by atoms with Crippen molar-refractivity contribution < 1.29 is 21.9 Å². The van der Waals surface area contributed by atoms with Crippen LogP contribution < -0.4 is 4.72 Å². The fourth-order valence-corrected chi connectivity index (χ4v) is 5.24. The van der Waals surface area contributed by atoms with Crippen molar-refractivity contribution in [2.45, 2.75) is 44.2 Å². The van der Waals surface area contributed by atoms with Crippen LogP contribution in [-0.2, 0) is 19.9 Å². The van der Waals surface area contributed by atoms with E-state index in [1.54, 1.807) is 0 Å². The summed E-state index contributed by atoms with van der Waals surface area (Å²) in [5.41, 5.74) is 0. The summed E-state index contributed by atoms with van der Waals surface area (Å²) < 4.78 is 47.3. The highest BCUT2D eigenvalue weighted by molar-refractivity contribution is 8.06. The fraction of sp³-hybridized carbons (Fsp3) is 1.00. The van der Waals surface area contributed by atoms with E-state index in [4.69, 9.17) is 0 Å². The average Bonchev–Trinajstić information content (AvgIpc) is 2.27. The lowest BCUT2D eigenvalue weighted by Gasteiger charge is -2.21. The lowest BCUT2D eigenvalue weighted by atomic mass is 10.1. The third-order valence-corrected chi connectivity index (χ3v) is 6.30. The Labute approximate surface area is 102 Å². The molecule has 0 aromatic heterocycles. The van der Waals surface area contributed by atoms with Crippen LogP contribution >= 0.6 is 0 Å². The van der Waals surface area contributed by atoms with Gasteiger partial charge in [-0.1, -0.05) is 19.3 Å². The molecule has 102 valence electrons. The van der Waals surface area contributed by atoms with Crippen LogP contribution in [0.5, 0.6) is 0 Å². The molecule has 0 aliphatic heterocycles. The molecular formula is C9H19NO5S2. The van der Waals surface area contributed by atoms with Crippen LogP contribution in [0.15, 0.2) is 0 Å². The molecule has 0 radical (unpaired) electrons. The number of aliphatic hydroxyl groups excluding tert-OH is 1. The number of nitrogens with one attached hydrogen (secondary N) is 1. The predicted molar refractivity (Wildman–Crippen MR) is 64.6 cm³/mol. The SMILES string of the molecule is CS(=O)(=O)CS(=O)(=O)NC1CCCCCC1O. The fourth-order valence-electron chi connectivity index (χ4n) is 1.97. The van der Waals surface area contributed by atoms with Gasteiger partial charge in [0.05, 0.1) is 6.10 Å². The lowest BCUT2D eigenvalue weighted by molar-refractivity contribution is 0.130. The number of sulfonamides is 1. The highest BCUT2D eigenvalue weighted by Crippen LogP contribution is 2.18. The standard InChI is InChI=1S/C9H19NO5S2/c1-16(12,13)7-17(14,15)10-8-5-3-2-4-6-9(8)11/h8-11H,2-7H2,1H3. The van der Waals surface area contributed by atoms with E-state index >= 15 is 0 Å². The smallest absolute Gasteiger partial charge is 0.226 e. The quantitative estimate of drug-likeness (QED) is 0.685. The van der Waals surface area contributed by atoms with Crippen molar-refractivity contribution in [1.82, 2.24) is 4.72 Å². The van der Waals surface area contributed by atoms with Crippen LogP contribution in [0.1, 0.15) is 32.1 Å². The van der Waals surface area contributed by atoms with Gasteiger partial charge in [-0.25, -0.2) is 21.6 Å². The maximum Gasteiger partial charge on any atom is 0.226 e. The highest BCUT2D eigenvalue weighted by atomic mass is 32.3. The summed E-state index contributed by atoms with van der Waals surface area (Å²) in [6, 6.07) is -0.566. The van der Waals surface area contributed by atoms with Gasteiger partial charge in [0.15, 0.2) is 14.9 Å². The van der Waals surface area contributed by atoms with Crippen LogP contribution in [0.4, 0.5) is 0 Å². The molecule has 0 heterocycles. The summed E-state index contributed by atoms with van der Waals surface area (Å²) in [5.74, 6) is 0. The van der Waals surface area contributed by atoms with Gasteiger partial charge in [-0.2, -0.15) is 0 Å². The molecular weight excluding hydrogens is 266 g/mol. The third kappa shape index (κ3) is 5.80. The molecule has 0 spiro atoms. The van der Waals surface area contributed by atoms with Gasteiger partial charge in [-0.15, -0.1) is 0 Å². The van der Waals surface area contributed by atoms with Crippen LogP contribution in [0.25, 0.3) is 0 Å². The van der Waals surface area contributed by atoms with Gasteiger partial charge < -0.3 is 5.11 Å². The van der Waals surface area contributed by atoms with Crippen LogP contribution in [0.3, 0.4) is 0 Å². The molecule has 1 aliphatic carbocycles. The first-order valence-corrected chi connectivity index (χ1v) is 9.27. The van der Waals surface area contributed by atoms with Crippen molar-refractivity contribution in [3.63, 3.8) is 0 Å². The first-order valence-electron chi connectivity index (χ1n) is 5.55. The zero-order chi connectivity index (χ0) is 13.1. The Hall–Kier alpha value is -0.180. The predicted octanol–water partition coefficient (Wildman–Crippen LogP) is -0.398. The van der Waals surface area contributed by atoms with E-state index in [0.717, 1.165) is 25.5 Å². The number of hydrogen-bond donors (Lipinski definition) is 2. The maximum absolute atomic E-state index is 11.6. The molecule has 0 amide bonds. The Kier molecular flexibility index (Phi) is 4.94. The first kappa shape index (κ1) is 14.9. The minimum atomic E-state index is -3.89. The Morgan fingerprint density at radius 2 is 1.71 bits per heavy atom. The van der Waals surface area contributed by atoms with E-state index in [-0.39, 0.29) is 0 Å². The topological polar surface area (TPSA) is 101 Å². The molecule has 0 aromatic carbocycles. The van der Waals surface area contributed by atoms with Crippen LogP contribution in [0, 0.1) is 0 Å². The van der Waals surface area contributed by atoms with Crippen LogP contribution in [0.2, 0.25) is 0 Å². The Morgan fingerprint density at radius 1 is 1.12 bits per heavy atom. The van der Waals surface area contributed by atoms with Gasteiger partial charge >= 0.3 is 0 Å². The van der Waals surface area contributed by atoms with E-state index in [2.05, 4.69) is 4.72 Å². The second-order valence-corrected chi connectivity index (χ2v) is 8.85. The van der Waals surface area contributed by atoms with E-state index < -0.39 is 37.1 Å². The molecule has 0 bridgehead atoms. The lowest BCUT2D eigenvalue weighted by Crippen LogP contribution is -2.44. The van der Waals surface area contributed by atoms with E-state index in [9.17, 15) is 21.9 Å². The molecule has 0 saturated heterocycles. The summed E-state index contributed by atoms with van der Waals surface area (Å²) >= 11 is 0. The normalized spacial score (nSPS) is 27.6. The molecule has 8 heteroatoms. The molecule has 1 fully saturated rings. The van der Waals surface area contributed by atoms with Crippen molar-refractivity contribution in [3.05, 3.63) is 0 Å².